The standard InChI is InChI=1S/C19H18F3NO/c20-19(21,22)16-9-10-18(23-13-16)24-17-8-4-7-15(12-17)11-14-5-2-1-3-6-14/h4,7-13H,1-3,5-6H2. The molecule has 1 aliphatic rings. The van der Waals surface area contributed by atoms with Crippen molar-refractivity contribution < 1.29 is 17.9 Å². The van der Waals surface area contributed by atoms with Crippen LogP contribution in [0.1, 0.15) is 43.2 Å². The van der Waals surface area contributed by atoms with Gasteiger partial charge in [-0.15, -0.1) is 0 Å². The second-order valence-electron chi connectivity index (χ2n) is 5.92. The SMILES string of the molecule is FC(F)(F)c1ccc(Oc2cccc(C=C3CCCCC3)c2)nc1. The van der Waals surface area contributed by atoms with E-state index >= 15 is 0 Å². The molecule has 0 unspecified atom stereocenters. The van der Waals surface area contributed by atoms with Gasteiger partial charge in [-0.3, -0.25) is 0 Å². The second kappa shape index (κ2) is 7.07. The molecule has 1 fully saturated rings. The van der Waals surface area contributed by atoms with Gasteiger partial charge in [-0.05, 0) is 49.4 Å². The number of pyridine rings is 1. The van der Waals surface area contributed by atoms with Crippen molar-refractivity contribution in [1.29, 1.82) is 0 Å². The Morgan fingerprint density at radius 2 is 1.79 bits per heavy atom. The largest absolute Gasteiger partial charge is 0.439 e. The van der Waals surface area contributed by atoms with Gasteiger partial charge in [0.1, 0.15) is 5.75 Å². The first-order valence-corrected chi connectivity index (χ1v) is 8.01. The Hall–Kier alpha value is -2.30. The van der Waals surface area contributed by atoms with E-state index in [1.54, 1.807) is 6.07 Å². The first-order valence-electron chi connectivity index (χ1n) is 8.01. The lowest BCUT2D eigenvalue weighted by Gasteiger charge is -2.13. The number of hydrogen-bond acceptors (Lipinski definition) is 2. The van der Waals surface area contributed by atoms with Crippen LogP contribution in [0.25, 0.3) is 6.08 Å². The van der Waals surface area contributed by atoms with E-state index in [0.29, 0.717) is 5.75 Å². The number of nitrogens with zero attached hydrogens (tertiary/aromatic N) is 1. The van der Waals surface area contributed by atoms with Gasteiger partial charge in [0, 0.05) is 12.3 Å². The number of ether oxygens (including phenoxy) is 1. The van der Waals surface area contributed by atoms with E-state index in [1.807, 2.05) is 18.2 Å². The van der Waals surface area contributed by atoms with E-state index in [2.05, 4.69) is 11.1 Å². The molecule has 1 aromatic heterocycles. The Bertz CT molecular complexity index is 712. The lowest BCUT2D eigenvalue weighted by atomic mass is 9.93. The van der Waals surface area contributed by atoms with E-state index in [9.17, 15) is 13.2 Å². The molecule has 5 heteroatoms. The Morgan fingerprint density at radius 3 is 2.46 bits per heavy atom. The van der Waals surface area contributed by atoms with Crippen LogP contribution < -0.4 is 4.74 Å². The van der Waals surface area contributed by atoms with Gasteiger partial charge in [-0.25, -0.2) is 4.98 Å². The fraction of sp³-hybridized carbons (Fsp3) is 0.316. The van der Waals surface area contributed by atoms with E-state index < -0.39 is 11.7 Å². The Labute approximate surface area is 139 Å². The average Bonchev–Trinajstić information content (AvgIpc) is 2.56. The summed E-state index contributed by atoms with van der Waals surface area (Å²) >= 11 is 0. The third-order valence-corrected chi connectivity index (χ3v) is 4.01. The summed E-state index contributed by atoms with van der Waals surface area (Å²) in [5, 5.41) is 0. The Balaban J connectivity index is 1.72. The van der Waals surface area contributed by atoms with Crippen LogP contribution in [0.3, 0.4) is 0 Å². The van der Waals surface area contributed by atoms with Crippen molar-refractivity contribution in [3.63, 3.8) is 0 Å². The molecule has 1 saturated carbocycles. The summed E-state index contributed by atoms with van der Waals surface area (Å²) in [6, 6.07) is 9.71. The molecule has 0 atom stereocenters. The van der Waals surface area contributed by atoms with E-state index in [4.69, 9.17) is 4.74 Å². The van der Waals surface area contributed by atoms with Crippen molar-refractivity contribution in [2.75, 3.05) is 0 Å². The highest BCUT2D eigenvalue weighted by Crippen LogP contribution is 2.30. The number of allylic oxidation sites excluding steroid dienone is 1. The molecular weight excluding hydrogens is 315 g/mol. The lowest BCUT2D eigenvalue weighted by Crippen LogP contribution is -2.05. The summed E-state index contributed by atoms with van der Waals surface area (Å²) in [5.41, 5.74) is 1.69. The van der Waals surface area contributed by atoms with Gasteiger partial charge in [-0.2, -0.15) is 13.2 Å². The topological polar surface area (TPSA) is 22.1 Å². The number of hydrogen-bond donors (Lipinski definition) is 0. The maximum atomic E-state index is 12.5. The summed E-state index contributed by atoms with van der Waals surface area (Å²) in [6.45, 7) is 0. The minimum atomic E-state index is -4.39. The zero-order valence-corrected chi connectivity index (χ0v) is 13.1. The fourth-order valence-corrected chi connectivity index (χ4v) is 2.78. The maximum Gasteiger partial charge on any atom is 0.417 e. The summed E-state index contributed by atoms with van der Waals surface area (Å²) in [6.07, 6.45) is 4.58. The molecule has 1 aromatic carbocycles. The molecule has 0 spiro atoms. The summed E-state index contributed by atoms with van der Waals surface area (Å²) in [7, 11) is 0. The fourth-order valence-electron chi connectivity index (χ4n) is 2.78. The van der Waals surface area contributed by atoms with Crippen LogP contribution >= 0.6 is 0 Å². The highest BCUT2D eigenvalue weighted by atomic mass is 19.4. The minimum Gasteiger partial charge on any atom is -0.439 e. The molecule has 0 radical (unpaired) electrons. The monoisotopic (exact) mass is 333 g/mol. The first kappa shape index (κ1) is 16.6. The molecule has 126 valence electrons. The van der Waals surface area contributed by atoms with Crippen LogP contribution in [-0.2, 0) is 6.18 Å². The van der Waals surface area contributed by atoms with Crippen LogP contribution in [0, 0.1) is 0 Å². The van der Waals surface area contributed by atoms with Crippen molar-refractivity contribution in [2.45, 2.75) is 38.3 Å². The van der Waals surface area contributed by atoms with Crippen molar-refractivity contribution in [1.82, 2.24) is 4.98 Å². The maximum absolute atomic E-state index is 12.5. The van der Waals surface area contributed by atoms with Gasteiger partial charge in [-0.1, -0.05) is 30.2 Å². The predicted octanol–water partition coefficient (Wildman–Crippen LogP) is 6.24. The van der Waals surface area contributed by atoms with Crippen molar-refractivity contribution in [2.24, 2.45) is 0 Å². The molecule has 0 aliphatic heterocycles. The van der Waals surface area contributed by atoms with Gasteiger partial charge in [0.2, 0.25) is 5.88 Å². The molecule has 2 nitrogen and oxygen atoms in total. The molecule has 24 heavy (non-hydrogen) atoms. The van der Waals surface area contributed by atoms with Gasteiger partial charge >= 0.3 is 6.18 Å². The third-order valence-electron chi connectivity index (χ3n) is 4.01. The molecular formula is C19H18F3NO. The van der Waals surface area contributed by atoms with E-state index in [-0.39, 0.29) is 5.88 Å². The van der Waals surface area contributed by atoms with Gasteiger partial charge < -0.3 is 4.74 Å². The van der Waals surface area contributed by atoms with Crippen LogP contribution in [0.2, 0.25) is 0 Å². The smallest absolute Gasteiger partial charge is 0.417 e. The molecule has 3 rings (SSSR count). The van der Waals surface area contributed by atoms with Gasteiger partial charge in [0.25, 0.3) is 0 Å². The highest BCUT2D eigenvalue weighted by Gasteiger charge is 2.30. The highest BCUT2D eigenvalue weighted by molar-refractivity contribution is 5.55. The number of halogens is 3. The number of benzene rings is 1. The quantitative estimate of drug-likeness (QED) is 0.663. The van der Waals surface area contributed by atoms with Crippen molar-refractivity contribution >= 4 is 6.08 Å². The molecule has 0 N–H and O–H groups in total. The van der Waals surface area contributed by atoms with Crippen molar-refractivity contribution in [3.05, 3.63) is 59.3 Å². The van der Waals surface area contributed by atoms with E-state index in [1.165, 1.54) is 30.9 Å². The van der Waals surface area contributed by atoms with Crippen LogP contribution in [-0.4, -0.2) is 4.98 Å². The molecule has 0 amide bonds. The van der Waals surface area contributed by atoms with Crippen LogP contribution in [0.15, 0.2) is 48.2 Å². The van der Waals surface area contributed by atoms with Crippen molar-refractivity contribution in [3.8, 4) is 11.6 Å². The average molecular weight is 333 g/mol. The van der Waals surface area contributed by atoms with Crippen LogP contribution in [0.5, 0.6) is 11.6 Å². The normalized spacial score (nSPS) is 15.2. The molecule has 1 aliphatic carbocycles. The predicted molar refractivity (Wildman–Crippen MR) is 86.8 cm³/mol. The lowest BCUT2D eigenvalue weighted by molar-refractivity contribution is -0.137. The first-order chi connectivity index (χ1) is 11.5. The molecule has 0 saturated heterocycles. The number of aromatic nitrogens is 1. The Morgan fingerprint density at radius 1 is 1.00 bits per heavy atom. The Kier molecular flexibility index (Phi) is 4.88. The van der Waals surface area contributed by atoms with Gasteiger partial charge in [0.15, 0.2) is 0 Å². The minimum absolute atomic E-state index is 0.144. The molecule has 1 heterocycles. The third kappa shape index (κ3) is 4.37. The zero-order chi connectivity index (χ0) is 17.0. The number of rotatable bonds is 3. The second-order valence-corrected chi connectivity index (χ2v) is 5.92. The number of alkyl halides is 3. The van der Waals surface area contributed by atoms with Crippen LogP contribution in [0.4, 0.5) is 13.2 Å². The summed E-state index contributed by atoms with van der Waals surface area (Å²) in [5.74, 6) is 0.706. The summed E-state index contributed by atoms with van der Waals surface area (Å²) < 4.78 is 43.2. The van der Waals surface area contributed by atoms with E-state index in [0.717, 1.165) is 30.7 Å². The zero-order valence-electron chi connectivity index (χ0n) is 13.1. The molecule has 2 aromatic rings. The summed E-state index contributed by atoms with van der Waals surface area (Å²) in [4.78, 5) is 3.73. The van der Waals surface area contributed by atoms with Gasteiger partial charge in [0.05, 0.1) is 5.56 Å². The molecule has 0 bridgehead atoms.